The van der Waals surface area contributed by atoms with Gasteiger partial charge >= 0.3 is 0 Å². The summed E-state index contributed by atoms with van der Waals surface area (Å²) in [6.07, 6.45) is 6.75. The predicted molar refractivity (Wildman–Crippen MR) is 104 cm³/mol. The molecule has 1 aliphatic rings. The summed E-state index contributed by atoms with van der Waals surface area (Å²) in [5, 5.41) is 3.06. The van der Waals surface area contributed by atoms with E-state index < -0.39 is 0 Å². The van der Waals surface area contributed by atoms with Gasteiger partial charge in [-0.3, -0.25) is 4.79 Å². The van der Waals surface area contributed by atoms with E-state index in [0.29, 0.717) is 18.0 Å². The van der Waals surface area contributed by atoms with E-state index in [1.54, 1.807) is 26.4 Å². The molecule has 4 heteroatoms. The van der Waals surface area contributed by atoms with Crippen molar-refractivity contribution in [2.24, 2.45) is 0 Å². The molecular formula is C22H25NO3. The first-order valence-electron chi connectivity index (χ1n) is 8.91. The second-order valence-electron chi connectivity index (χ2n) is 6.63. The van der Waals surface area contributed by atoms with E-state index in [-0.39, 0.29) is 11.3 Å². The number of hydrogen-bond donors (Lipinski definition) is 1. The van der Waals surface area contributed by atoms with Gasteiger partial charge < -0.3 is 14.8 Å². The molecule has 0 heterocycles. The second kappa shape index (κ2) is 8.09. The number of rotatable bonds is 7. The van der Waals surface area contributed by atoms with Crippen LogP contribution in [0.3, 0.4) is 0 Å². The minimum Gasteiger partial charge on any atom is -0.493 e. The molecule has 0 aromatic heterocycles. The van der Waals surface area contributed by atoms with E-state index in [1.807, 2.05) is 24.3 Å². The molecule has 1 saturated carbocycles. The molecule has 0 unspecified atom stereocenters. The third kappa shape index (κ3) is 3.74. The SMILES string of the molecule is COc1cccc(C=CC(=O)NCC2(c3ccccc3)CCC2)c1OC. The number of carbonyl (C=O) groups is 1. The van der Waals surface area contributed by atoms with Crippen molar-refractivity contribution in [1.82, 2.24) is 5.32 Å². The van der Waals surface area contributed by atoms with Crippen LogP contribution >= 0.6 is 0 Å². The molecule has 3 rings (SSSR count). The lowest BCUT2D eigenvalue weighted by atomic mass is 9.64. The lowest BCUT2D eigenvalue weighted by molar-refractivity contribution is -0.116. The number of hydrogen-bond acceptors (Lipinski definition) is 3. The Morgan fingerprint density at radius 3 is 2.46 bits per heavy atom. The first kappa shape index (κ1) is 18.1. The van der Waals surface area contributed by atoms with E-state index in [4.69, 9.17) is 9.47 Å². The molecule has 0 atom stereocenters. The molecule has 1 N–H and O–H groups in total. The monoisotopic (exact) mass is 351 g/mol. The van der Waals surface area contributed by atoms with Gasteiger partial charge in [0.25, 0.3) is 0 Å². The Bertz CT molecular complexity index is 779. The molecule has 26 heavy (non-hydrogen) atoms. The third-order valence-electron chi connectivity index (χ3n) is 5.15. The van der Waals surface area contributed by atoms with Gasteiger partial charge in [-0.15, -0.1) is 0 Å². The van der Waals surface area contributed by atoms with E-state index in [2.05, 4.69) is 29.6 Å². The number of amides is 1. The van der Waals surface area contributed by atoms with Gasteiger partial charge in [0.15, 0.2) is 11.5 Å². The molecule has 0 radical (unpaired) electrons. The lowest BCUT2D eigenvalue weighted by Crippen LogP contribution is -2.45. The van der Waals surface area contributed by atoms with Crippen LogP contribution in [0.25, 0.3) is 6.08 Å². The molecule has 2 aromatic rings. The van der Waals surface area contributed by atoms with Crippen LogP contribution in [-0.4, -0.2) is 26.7 Å². The summed E-state index contributed by atoms with van der Waals surface area (Å²) in [6.45, 7) is 0.662. The van der Waals surface area contributed by atoms with Gasteiger partial charge in [-0.2, -0.15) is 0 Å². The van der Waals surface area contributed by atoms with Crippen molar-refractivity contribution in [2.75, 3.05) is 20.8 Å². The first-order valence-corrected chi connectivity index (χ1v) is 8.91. The Hall–Kier alpha value is -2.75. The molecule has 0 spiro atoms. The fourth-order valence-electron chi connectivity index (χ4n) is 3.49. The molecule has 0 aliphatic heterocycles. The Balaban J connectivity index is 1.65. The number of ether oxygens (including phenoxy) is 2. The summed E-state index contributed by atoms with van der Waals surface area (Å²) < 4.78 is 10.7. The summed E-state index contributed by atoms with van der Waals surface area (Å²) in [5.74, 6) is 1.17. The van der Waals surface area contributed by atoms with Crippen LogP contribution in [0.15, 0.2) is 54.6 Å². The first-order chi connectivity index (χ1) is 12.7. The Kier molecular flexibility index (Phi) is 5.61. The maximum absolute atomic E-state index is 12.3. The molecular weight excluding hydrogens is 326 g/mol. The van der Waals surface area contributed by atoms with Crippen molar-refractivity contribution >= 4 is 12.0 Å². The number of nitrogens with one attached hydrogen (secondary N) is 1. The van der Waals surface area contributed by atoms with Crippen LogP contribution in [0.1, 0.15) is 30.4 Å². The summed E-state index contributed by atoms with van der Waals surface area (Å²) in [6, 6.07) is 16.1. The lowest BCUT2D eigenvalue weighted by Gasteiger charge is -2.42. The minimum atomic E-state index is -0.0999. The van der Waals surface area contributed by atoms with Crippen LogP contribution in [0.4, 0.5) is 0 Å². The van der Waals surface area contributed by atoms with Crippen LogP contribution in [0, 0.1) is 0 Å². The highest BCUT2D eigenvalue weighted by molar-refractivity contribution is 5.92. The van der Waals surface area contributed by atoms with E-state index >= 15 is 0 Å². The number of carbonyl (C=O) groups excluding carboxylic acids is 1. The highest BCUT2D eigenvalue weighted by Crippen LogP contribution is 2.43. The van der Waals surface area contributed by atoms with Crippen LogP contribution in [0.2, 0.25) is 0 Å². The number of benzene rings is 2. The van der Waals surface area contributed by atoms with Crippen molar-refractivity contribution in [3.8, 4) is 11.5 Å². The molecule has 1 amide bonds. The van der Waals surface area contributed by atoms with Gasteiger partial charge in [-0.1, -0.05) is 48.9 Å². The maximum atomic E-state index is 12.3. The number of methoxy groups -OCH3 is 2. The smallest absolute Gasteiger partial charge is 0.244 e. The fourth-order valence-corrected chi connectivity index (χ4v) is 3.49. The van der Waals surface area contributed by atoms with Gasteiger partial charge in [0.1, 0.15) is 0 Å². The fraction of sp³-hybridized carbons (Fsp3) is 0.318. The Labute approximate surface area is 154 Å². The Morgan fingerprint density at radius 2 is 1.85 bits per heavy atom. The highest BCUT2D eigenvalue weighted by Gasteiger charge is 2.38. The van der Waals surface area contributed by atoms with Crippen molar-refractivity contribution in [2.45, 2.75) is 24.7 Å². The minimum absolute atomic E-state index is 0.0818. The van der Waals surface area contributed by atoms with Gasteiger partial charge in [-0.05, 0) is 30.5 Å². The Morgan fingerprint density at radius 1 is 1.08 bits per heavy atom. The van der Waals surface area contributed by atoms with Crippen molar-refractivity contribution in [1.29, 1.82) is 0 Å². The van der Waals surface area contributed by atoms with Gasteiger partial charge in [0.05, 0.1) is 14.2 Å². The summed E-state index contributed by atoms with van der Waals surface area (Å²) >= 11 is 0. The third-order valence-corrected chi connectivity index (χ3v) is 5.15. The molecule has 0 saturated heterocycles. The second-order valence-corrected chi connectivity index (χ2v) is 6.63. The average Bonchev–Trinajstić information content (AvgIpc) is 2.65. The van der Waals surface area contributed by atoms with Gasteiger partial charge in [0.2, 0.25) is 5.91 Å². The zero-order valence-corrected chi connectivity index (χ0v) is 15.3. The van der Waals surface area contributed by atoms with Crippen LogP contribution in [-0.2, 0) is 10.2 Å². The molecule has 136 valence electrons. The molecule has 1 fully saturated rings. The quantitative estimate of drug-likeness (QED) is 0.768. The normalized spacial score (nSPS) is 15.3. The summed E-state index contributed by atoms with van der Waals surface area (Å²) in [4.78, 5) is 12.3. The van der Waals surface area contributed by atoms with Crippen LogP contribution < -0.4 is 14.8 Å². The maximum Gasteiger partial charge on any atom is 0.244 e. The van der Waals surface area contributed by atoms with E-state index in [1.165, 1.54) is 12.0 Å². The standard InChI is InChI=1S/C22H25NO3/c1-25-19-11-6-8-17(21(19)26-2)12-13-20(24)23-16-22(14-7-15-22)18-9-4-3-5-10-18/h3-6,8-13H,7,14-16H2,1-2H3,(H,23,24). The van der Waals surface area contributed by atoms with Crippen molar-refractivity contribution < 1.29 is 14.3 Å². The molecule has 4 nitrogen and oxygen atoms in total. The highest BCUT2D eigenvalue weighted by atomic mass is 16.5. The van der Waals surface area contributed by atoms with Gasteiger partial charge in [-0.25, -0.2) is 0 Å². The molecule has 2 aromatic carbocycles. The zero-order chi connectivity index (χ0) is 18.4. The van der Waals surface area contributed by atoms with E-state index in [0.717, 1.165) is 18.4 Å². The molecule has 1 aliphatic carbocycles. The summed E-state index contributed by atoms with van der Waals surface area (Å²) in [7, 11) is 3.19. The number of para-hydroxylation sites is 1. The van der Waals surface area contributed by atoms with Gasteiger partial charge in [0, 0.05) is 23.6 Å². The largest absolute Gasteiger partial charge is 0.493 e. The van der Waals surface area contributed by atoms with Crippen molar-refractivity contribution in [3.63, 3.8) is 0 Å². The average molecular weight is 351 g/mol. The summed E-state index contributed by atoms with van der Waals surface area (Å²) in [5.41, 5.74) is 2.20. The van der Waals surface area contributed by atoms with Crippen molar-refractivity contribution in [3.05, 3.63) is 65.7 Å². The molecule has 0 bridgehead atoms. The topological polar surface area (TPSA) is 47.6 Å². The van der Waals surface area contributed by atoms with E-state index in [9.17, 15) is 4.79 Å². The predicted octanol–water partition coefficient (Wildman–Crippen LogP) is 3.96. The zero-order valence-electron chi connectivity index (χ0n) is 15.3. The van der Waals surface area contributed by atoms with Crippen LogP contribution in [0.5, 0.6) is 11.5 Å².